The van der Waals surface area contributed by atoms with Gasteiger partial charge in [0.15, 0.2) is 0 Å². The van der Waals surface area contributed by atoms with Gasteiger partial charge in [-0.25, -0.2) is 0 Å². The van der Waals surface area contributed by atoms with Crippen molar-refractivity contribution in [2.24, 2.45) is 5.10 Å². The number of rotatable bonds is 0. The molecule has 0 aromatic rings. The molecule has 0 unspecified atom stereocenters. The highest BCUT2D eigenvalue weighted by Crippen LogP contribution is 1.77. The first-order valence-corrected chi connectivity index (χ1v) is 1.69. The Morgan fingerprint density at radius 1 is 1.67 bits per heavy atom. The van der Waals surface area contributed by atoms with E-state index in [1.165, 1.54) is 0 Å². The van der Waals surface area contributed by atoms with Gasteiger partial charge in [-0.15, -0.1) is 0 Å². The highest BCUT2D eigenvalue weighted by Gasteiger charge is 1.76. The summed E-state index contributed by atoms with van der Waals surface area (Å²) in [5, 5.41) is 3.53. The fourth-order valence-corrected chi connectivity index (χ4v) is 0.246. The van der Waals surface area contributed by atoms with Crippen molar-refractivity contribution in [3.05, 3.63) is 18.7 Å². The molecule has 1 heterocycles. The number of allylic oxidation sites excluding steroid dienone is 1. The van der Waals surface area contributed by atoms with Crippen LogP contribution in [0, 0.1) is 6.54 Å². The molecule has 1 N–H and O–H groups in total. The van der Waals surface area contributed by atoms with Gasteiger partial charge in [-0.05, 0) is 6.08 Å². The quantitative estimate of drug-likeness (QED) is 0.440. The molecular formula is C4H4N2. The average molecular weight is 80.1 g/mol. The molecule has 0 aromatic heterocycles. The van der Waals surface area contributed by atoms with Gasteiger partial charge in [-0.2, -0.15) is 5.10 Å². The van der Waals surface area contributed by atoms with E-state index in [1.54, 1.807) is 12.6 Å². The van der Waals surface area contributed by atoms with Crippen molar-refractivity contribution in [2.45, 2.75) is 0 Å². The van der Waals surface area contributed by atoms with Gasteiger partial charge in [0.1, 0.15) is 6.21 Å². The summed E-state index contributed by atoms with van der Waals surface area (Å²) < 4.78 is 0. The molecule has 2 heteroatoms. The molecule has 0 spiro atoms. The molecule has 30 valence electrons. The van der Waals surface area contributed by atoms with Gasteiger partial charge in [-0.3, -0.25) is 0 Å². The molecule has 0 amide bonds. The molecule has 0 bridgehead atoms. The Morgan fingerprint density at radius 2 is 2.67 bits per heavy atom. The lowest BCUT2D eigenvalue weighted by atomic mass is 10.5. The fourth-order valence-electron chi connectivity index (χ4n) is 0.246. The van der Waals surface area contributed by atoms with Crippen LogP contribution in [0.3, 0.4) is 0 Å². The van der Waals surface area contributed by atoms with Crippen molar-refractivity contribution in [3.63, 3.8) is 0 Å². The first-order chi connectivity index (χ1) is 3.00. The minimum Gasteiger partial charge on any atom is -0.300 e. The van der Waals surface area contributed by atoms with Crippen LogP contribution < -0.4 is 5.43 Å². The van der Waals surface area contributed by atoms with Gasteiger partial charge in [0.25, 0.3) is 0 Å². The predicted octanol–water partition coefficient (Wildman–Crippen LogP) is 0.170. The van der Waals surface area contributed by atoms with E-state index in [-0.39, 0.29) is 0 Å². The third kappa shape index (κ3) is 0.578. The van der Waals surface area contributed by atoms with Crippen molar-refractivity contribution >= 4 is 6.21 Å². The Bertz CT molecular complexity index is 71.5. The van der Waals surface area contributed by atoms with Crippen LogP contribution in [0.5, 0.6) is 0 Å². The zero-order chi connectivity index (χ0) is 4.24. The third-order valence-corrected chi connectivity index (χ3v) is 0.471. The lowest BCUT2D eigenvalue weighted by Gasteiger charge is -1.91. The molecule has 0 fully saturated rings. The largest absolute Gasteiger partial charge is 0.300 e. The predicted molar refractivity (Wildman–Crippen MR) is 24.0 cm³/mol. The normalized spacial score (nSPS) is 17.3. The van der Waals surface area contributed by atoms with Crippen LogP contribution in [-0.2, 0) is 0 Å². The Hall–Kier alpha value is -0.790. The molecule has 2 radical (unpaired) electrons. The summed E-state index contributed by atoms with van der Waals surface area (Å²) in [6, 6.07) is 0. The lowest BCUT2D eigenvalue weighted by Crippen LogP contribution is -2.00. The fraction of sp³-hybridized carbons (Fsp3) is 0. The summed E-state index contributed by atoms with van der Waals surface area (Å²) in [6.45, 7) is 1.73. The zero-order valence-electron chi connectivity index (χ0n) is 3.18. The number of hydrogen-bond donors (Lipinski definition) is 1. The summed E-state index contributed by atoms with van der Waals surface area (Å²) >= 11 is 0. The van der Waals surface area contributed by atoms with Gasteiger partial charge in [0, 0.05) is 0 Å². The second-order valence-corrected chi connectivity index (χ2v) is 0.896. The average Bonchev–Trinajstić information content (AvgIpc) is 1.72. The van der Waals surface area contributed by atoms with E-state index in [4.69, 9.17) is 0 Å². The lowest BCUT2D eigenvalue weighted by molar-refractivity contribution is 0.911. The Morgan fingerprint density at radius 3 is 2.83 bits per heavy atom. The van der Waals surface area contributed by atoms with E-state index in [1.807, 2.05) is 6.08 Å². The van der Waals surface area contributed by atoms with E-state index in [0.717, 1.165) is 0 Å². The van der Waals surface area contributed by atoms with E-state index < -0.39 is 0 Å². The highest BCUT2D eigenvalue weighted by molar-refractivity contribution is 5.71. The first-order valence-electron chi connectivity index (χ1n) is 1.69. The van der Waals surface area contributed by atoms with Crippen molar-refractivity contribution in [3.8, 4) is 0 Å². The molecule has 2 nitrogen and oxygen atoms in total. The standard InChI is InChI=1S/C4H4N2/c1-2-4-6-5-3-1/h1-3,5H. The maximum absolute atomic E-state index is 3.53. The third-order valence-electron chi connectivity index (χ3n) is 0.471. The number of nitrogens with zero attached hydrogens (tertiary/aromatic N) is 1. The molecule has 1 aliphatic heterocycles. The summed E-state index contributed by atoms with van der Waals surface area (Å²) in [7, 11) is 0. The Kier molecular flexibility index (Phi) is 0.906. The highest BCUT2D eigenvalue weighted by atomic mass is 15.3. The molecule has 0 atom stereocenters. The molecule has 1 aliphatic rings. The van der Waals surface area contributed by atoms with Gasteiger partial charge >= 0.3 is 0 Å². The number of hydrazone groups is 1. The van der Waals surface area contributed by atoms with Gasteiger partial charge < -0.3 is 5.43 Å². The van der Waals surface area contributed by atoms with Gasteiger partial charge in [0.2, 0.25) is 0 Å². The Labute approximate surface area is 36.6 Å². The molecule has 0 saturated carbocycles. The van der Waals surface area contributed by atoms with Crippen LogP contribution in [-0.4, -0.2) is 6.21 Å². The summed E-state index contributed by atoms with van der Waals surface area (Å²) in [6.07, 6.45) is 6.15. The van der Waals surface area contributed by atoms with Gasteiger partial charge in [-0.1, -0.05) is 6.08 Å². The van der Waals surface area contributed by atoms with E-state index in [0.29, 0.717) is 0 Å². The van der Waals surface area contributed by atoms with E-state index in [9.17, 15) is 0 Å². The topological polar surface area (TPSA) is 24.4 Å². The molecule has 6 heavy (non-hydrogen) atoms. The minimum absolute atomic E-state index is 1.73. The second-order valence-electron chi connectivity index (χ2n) is 0.896. The maximum Gasteiger partial charge on any atom is 0.110 e. The van der Waals surface area contributed by atoms with Crippen molar-refractivity contribution in [1.82, 2.24) is 5.43 Å². The molecule has 0 aliphatic carbocycles. The van der Waals surface area contributed by atoms with Gasteiger partial charge in [0.05, 0.1) is 6.54 Å². The number of nitrogens with one attached hydrogen (secondary N) is 1. The monoisotopic (exact) mass is 80.0 g/mol. The van der Waals surface area contributed by atoms with Crippen LogP contribution in [0.1, 0.15) is 0 Å². The number of hydrogen-bond acceptors (Lipinski definition) is 2. The summed E-state index contributed by atoms with van der Waals surface area (Å²) in [4.78, 5) is 0. The van der Waals surface area contributed by atoms with Crippen molar-refractivity contribution < 1.29 is 0 Å². The molecule has 0 saturated heterocycles. The zero-order valence-corrected chi connectivity index (χ0v) is 3.18. The van der Waals surface area contributed by atoms with E-state index in [2.05, 4.69) is 16.7 Å². The Balaban J connectivity index is 2.46. The smallest absolute Gasteiger partial charge is 0.110 e. The minimum atomic E-state index is 1.73. The first kappa shape index (κ1) is 3.40. The molecule has 0 aromatic carbocycles. The van der Waals surface area contributed by atoms with Crippen LogP contribution in [0.25, 0.3) is 0 Å². The second kappa shape index (κ2) is 1.60. The van der Waals surface area contributed by atoms with Crippen molar-refractivity contribution in [2.75, 3.05) is 0 Å². The van der Waals surface area contributed by atoms with E-state index >= 15 is 0 Å². The maximum atomic E-state index is 3.53. The summed E-state index contributed by atoms with van der Waals surface area (Å²) in [5.41, 5.74) is 2.59. The van der Waals surface area contributed by atoms with Crippen LogP contribution in [0.2, 0.25) is 0 Å². The van der Waals surface area contributed by atoms with Crippen LogP contribution in [0.15, 0.2) is 17.3 Å². The SMILES string of the molecule is [C]1=NN[CH]C=C1. The molecular weight excluding hydrogens is 76.1 g/mol. The van der Waals surface area contributed by atoms with Crippen LogP contribution in [0.4, 0.5) is 0 Å². The van der Waals surface area contributed by atoms with Crippen molar-refractivity contribution in [1.29, 1.82) is 0 Å². The summed E-state index contributed by atoms with van der Waals surface area (Å²) in [5.74, 6) is 0. The molecule has 1 rings (SSSR count). The van der Waals surface area contributed by atoms with Crippen LogP contribution >= 0.6 is 0 Å².